The predicted molar refractivity (Wildman–Crippen MR) is 108 cm³/mol. The first kappa shape index (κ1) is 23.3. The summed E-state index contributed by atoms with van der Waals surface area (Å²) in [6.45, 7) is -1.89. The van der Waals surface area contributed by atoms with Gasteiger partial charge in [0, 0.05) is 31.5 Å². The molecule has 170 valence electrons. The molecule has 0 unspecified atom stereocenters. The Hall–Kier alpha value is -3.41. The van der Waals surface area contributed by atoms with Crippen LogP contribution >= 0.6 is 11.6 Å². The lowest BCUT2D eigenvalue weighted by Gasteiger charge is -2.12. The van der Waals surface area contributed by atoms with Gasteiger partial charge in [-0.3, -0.25) is 0 Å². The molecule has 0 bridgehead atoms. The van der Waals surface area contributed by atoms with Crippen molar-refractivity contribution in [2.75, 3.05) is 12.0 Å². The molecule has 0 fully saturated rings. The van der Waals surface area contributed by atoms with Gasteiger partial charge in [-0.25, -0.2) is 28.5 Å². The van der Waals surface area contributed by atoms with E-state index in [4.69, 9.17) is 16.7 Å². The van der Waals surface area contributed by atoms with E-state index < -0.39 is 30.2 Å². The molecule has 3 aromatic rings. The zero-order valence-electron chi connectivity index (χ0n) is 16.5. The monoisotopic (exact) mass is 472 g/mol. The summed E-state index contributed by atoms with van der Waals surface area (Å²) in [5.41, 5.74) is 0.0734. The van der Waals surface area contributed by atoms with Crippen molar-refractivity contribution in [1.82, 2.24) is 24.8 Å². The maximum Gasteiger partial charge on any atom is 0.404 e. The first-order chi connectivity index (χ1) is 15.1. The molecule has 0 atom stereocenters. The number of aromatic nitrogens is 4. The Morgan fingerprint density at radius 2 is 2.03 bits per heavy atom. The maximum atomic E-state index is 14.7. The smallest absolute Gasteiger partial charge is 0.404 e. The fourth-order valence-electron chi connectivity index (χ4n) is 2.84. The minimum atomic E-state index is -3.76. The summed E-state index contributed by atoms with van der Waals surface area (Å²) in [5, 5.41) is 13.8. The number of hydrogen-bond donors (Lipinski definition) is 3. The summed E-state index contributed by atoms with van der Waals surface area (Å²) in [4.78, 5) is 22.2. The number of amides is 1. The Morgan fingerprint density at radius 3 is 2.69 bits per heavy atom. The molecular weight excluding hydrogens is 456 g/mol. The van der Waals surface area contributed by atoms with E-state index in [9.17, 15) is 22.4 Å². The van der Waals surface area contributed by atoms with Crippen LogP contribution in [0.1, 0.15) is 16.8 Å². The molecule has 0 aliphatic rings. The molecule has 2 heterocycles. The van der Waals surface area contributed by atoms with Gasteiger partial charge in [0.2, 0.25) is 5.28 Å². The van der Waals surface area contributed by atoms with Crippen molar-refractivity contribution in [2.45, 2.75) is 19.0 Å². The second-order valence-electron chi connectivity index (χ2n) is 6.74. The minimum absolute atomic E-state index is 0.0337. The summed E-state index contributed by atoms with van der Waals surface area (Å²) in [7, 11) is 1.40. The van der Waals surface area contributed by atoms with Gasteiger partial charge in [-0.2, -0.15) is 8.78 Å². The van der Waals surface area contributed by atoms with Gasteiger partial charge >= 0.3 is 12.0 Å². The highest BCUT2D eigenvalue weighted by molar-refractivity contribution is 6.28. The molecule has 3 rings (SSSR count). The SMILES string of the molecule is Cn1cc(C(F)(F)CF)nc1-c1ccc(CNc2nc(Cl)ncc2CNC(=O)O)cc1F. The summed E-state index contributed by atoms with van der Waals surface area (Å²) in [6, 6.07) is 4.10. The third-order valence-corrected chi connectivity index (χ3v) is 4.60. The zero-order valence-corrected chi connectivity index (χ0v) is 17.3. The van der Waals surface area contributed by atoms with Gasteiger partial charge in [0.25, 0.3) is 0 Å². The number of nitrogens with zero attached hydrogens (tertiary/aromatic N) is 4. The summed E-state index contributed by atoms with van der Waals surface area (Å²) in [5.74, 6) is -4.30. The number of hydrogen-bond acceptors (Lipinski definition) is 5. The number of halogens is 5. The Bertz CT molecular complexity index is 1140. The molecule has 0 aliphatic heterocycles. The summed E-state index contributed by atoms with van der Waals surface area (Å²) >= 11 is 5.79. The van der Waals surface area contributed by atoms with Crippen molar-refractivity contribution in [3.05, 3.63) is 58.5 Å². The Balaban J connectivity index is 1.79. The lowest BCUT2D eigenvalue weighted by Crippen LogP contribution is -2.21. The second kappa shape index (κ2) is 9.39. The van der Waals surface area contributed by atoms with Crippen molar-refractivity contribution >= 4 is 23.5 Å². The molecule has 1 amide bonds. The average Bonchev–Trinajstić information content (AvgIpc) is 3.13. The van der Waals surface area contributed by atoms with E-state index in [-0.39, 0.29) is 35.6 Å². The van der Waals surface area contributed by atoms with Crippen LogP contribution < -0.4 is 10.6 Å². The molecule has 0 saturated heterocycles. The largest absolute Gasteiger partial charge is 0.465 e. The van der Waals surface area contributed by atoms with Crippen LogP contribution in [0.5, 0.6) is 0 Å². The van der Waals surface area contributed by atoms with E-state index in [1.165, 1.54) is 29.9 Å². The fourth-order valence-corrected chi connectivity index (χ4v) is 2.97. The standard InChI is InChI=1S/C19H17ClF4N6O2/c1-30-8-14(19(23,24)9-21)28-16(30)12-3-2-10(4-13(12)22)5-25-15-11(7-27-18(31)32)6-26-17(20)29-15/h2-4,6,8,27H,5,7,9H2,1H3,(H,31,32)(H,25,26,29). The Labute approximate surface area is 184 Å². The molecule has 2 aromatic heterocycles. The minimum Gasteiger partial charge on any atom is -0.465 e. The van der Waals surface area contributed by atoms with Crippen molar-refractivity contribution in [3.8, 4) is 11.4 Å². The molecule has 3 N–H and O–H groups in total. The van der Waals surface area contributed by atoms with Crippen LogP contribution in [0.2, 0.25) is 5.28 Å². The van der Waals surface area contributed by atoms with E-state index in [1.54, 1.807) is 6.07 Å². The first-order valence-electron chi connectivity index (χ1n) is 9.09. The van der Waals surface area contributed by atoms with Crippen molar-refractivity contribution in [2.24, 2.45) is 7.05 Å². The molecule has 0 aliphatic carbocycles. The van der Waals surface area contributed by atoms with Crippen LogP contribution in [0.4, 0.5) is 28.2 Å². The number of rotatable bonds is 8. The third-order valence-electron chi connectivity index (χ3n) is 4.42. The number of carboxylic acid groups (broad SMARTS) is 1. The van der Waals surface area contributed by atoms with Gasteiger partial charge in [0.05, 0.1) is 12.1 Å². The van der Waals surface area contributed by atoms with Crippen molar-refractivity contribution in [3.63, 3.8) is 0 Å². The van der Waals surface area contributed by atoms with E-state index in [0.717, 1.165) is 6.20 Å². The van der Waals surface area contributed by atoms with Gasteiger partial charge in [-0.15, -0.1) is 0 Å². The quantitative estimate of drug-likeness (QED) is 0.336. The first-order valence-corrected chi connectivity index (χ1v) is 9.47. The highest BCUT2D eigenvalue weighted by Crippen LogP contribution is 2.31. The van der Waals surface area contributed by atoms with Gasteiger partial charge in [-0.05, 0) is 29.3 Å². The lowest BCUT2D eigenvalue weighted by atomic mass is 10.1. The van der Waals surface area contributed by atoms with Crippen LogP contribution in [0.3, 0.4) is 0 Å². The number of benzene rings is 1. The Morgan fingerprint density at radius 1 is 1.28 bits per heavy atom. The predicted octanol–water partition coefficient (Wildman–Crippen LogP) is 4.11. The average molecular weight is 473 g/mol. The number of carbonyl (C=O) groups is 1. The number of nitrogens with one attached hydrogen (secondary N) is 2. The van der Waals surface area contributed by atoms with Gasteiger partial charge in [0.15, 0.2) is 6.67 Å². The lowest BCUT2D eigenvalue weighted by molar-refractivity contribution is -0.0318. The number of imidazole rings is 1. The van der Waals surface area contributed by atoms with E-state index >= 15 is 0 Å². The van der Waals surface area contributed by atoms with E-state index in [2.05, 4.69) is 25.6 Å². The molecule has 1 aromatic carbocycles. The van der Waals surface area contributed by atoms with Gasteiger partial charge in [-0.1, -0.05) is 6.07 Å². The third kappa shape index (κ3) is 5.25. The highest BCUT2D eigenvalue weighted by atomic mass is 35.5. The molecule has 13 heteroatoms. The van der Waals surface area contributed by atoms with Gasteiger partial charge < -0.3 is 20.3 Å². The normalized spacial score (nSPS) is 11.4. The van der Waals surface area contributed by atoms with Crippen LogP contribution in [-0.2, 0) is 26.1 Å². The molecule has 0 radical (unpaired) electrons. The Kier molecular flexibility index (Phi) is 6.82. The van der Waals surface area contributed by atoms with Crippen LogP contribution in [0, 0.1) is 5.82 Å². The van der Waals surface area contributed by atoms with E-state index in [0.29, 0.717) is 11.1 Å². The molecule has 0 spiro atoms. The molecular formula is C19H17ClF4N6O2. The topological polar surface area (TPSA) is 105 Å². The second-order valence-corrected chi connectivity index (χ2v) is 7.08. The van der Waals surface area contributed by atoms with Crippen molar-refractivity contribution < 1.29 is 27.5 Å². The van der Waals surface area contributed by atoms with Crippen LogP contribution in [-0.4, -0.2) is 37.4 Å². The number of aryl methyl sites for hydroxylation is 1. The highest BCUT2D eigenvalue weighted by Gasteiger charge is 2.35. The summed E-state index contributed by atoms with van der Waals surface area (Å²) in [6.07, 6.45) is 1.07. The van der Waals surface area contributed by atoms with Gasteiger partial charge in [0.1, 0.15) is 23.2 Å². The number of anilines is 1. The maximum absolute atomic E-state index is 14.7. The van der Waals surface area contributed by atoms with Crippen molar-refractivity contribution in [1.29, 1.82) is 0 Å². The molecule has 8 nitrogen and oxygen atoms in total. The molecule has 0 saturated carbocycles. The van der Waals surface area contributed by atoms with Crippen LogP contribution in [0.25, 0.3) is 11.4 Å². The summed E-state index contributed by atoms with van der Waals surface area (Å²) < 4.78 is 55.6. The van der Waals surface area contributed by atoms with Crippen LogP contribution in [0.15, 0.2) is 30.6 Å². The zero-order chi connectivity index (χ0) is 23.5. The van der Waals surface area contributed by atoms with E-state index in [1.807, 2.05) is 0 Å². The fraction of sp³-hybridized carbons (Fsp3) is 0.263. The molecule has 32 heavy (non-hydrogen) atoms. The number of alkyl halides is 3.